The molecule has 0 aliphatic rings. The van der Waals surface area contributed by atoms with Gasteiger partial charge in [-0.05, 0) is 34.4 Å². The molecule has 2 nitrogen and oxygen atoms in total. The van der Waals surface area contributed by atoms with Crippen molar-refractivity contribution in [3.8, 4) is 0 Å². The van der Waals surface area contributed by atoms with E-state index in [1.807, 2.05) is 23.5 Å². The van der Waals surface area contributed by atoms with Gasteiger partial charge in [-0.1, -0.05) is 139 Å². The van der Waals surface area contributed by atoms with Gasteiger partial charge < -0.3 is 10.6 Å². The Morgan fingerprint density at radius 1 is 0.475 bits per heavy atom. The molecule has 0 fully saturated rings. The Morgan fingerprint density at radius 3 is 1.15 bits per heavy atom. The monoisotopic (exact) mass is 568 g/mol. The van der Waals surface area contributed by atoms with Crippen molar-refractivity contribution < 1.29 is 0 Å². The molecular formula is C36H44N2S2. The molecule has 0 amide bonds. The lowest BCUT2D eigenvalue weighted by atomic mass is 9.92. The summed E-state index contributed by atoms with van der Waals surface area (Å²) in [4.78, 5) is 2.68. The third kappa shape index (κ3) is 9.27. The number of hydrogen-bond donors (Lipinski definition) is 2. The van der Waals surface area contributed by atoms with Crippen LogP contribution < -0.4 is 10.6 Å². The fourth-order valence-electron chi connectivity index (χ4n) is 4.78. The molecule has 0 saturated heterocycles. The van der Waals surface area contributed by atoms with Crippen LogP contribution in [0.4, 0.5) is 0 Å². The first-order chi connectivity index (χ1) is 19.1. The highest BCUT2D eigenvalue weighted by molar-refractivity contribution is 8.00. The summed E-state index contributed by atoms with van der Waals surface area (Å²) < 4.78 is 0.309. The zero-order chi connectivity index (χ0) is 28.6. The SMILES string of the molecule is CC(C)(C)Sc1ccccc1CNC(c1ccccc1)C(NCc1ccccc1SC(C)(C)C)c1ccccc1. The topological polar surface area (TPSA) is 24.1 Å². The van der Waals surface area contributed by atoms with Crippen LogP contribution in [-0.2, 0) is 13.1 Å². The maximum absolute atomic E-state index is 3.99. The Hall–Kier alpha value is -2.50. The molecule has 2 N–H and O–H groups in total. The standard InChI is InChI=1S/C36H44N2S2/c1-35(2,3)39-31-23-15-13-21-29(31)25-37-33(27-17-9-7-10-18-27)34(28-19-11-8-12-20-28)38-26-30-22-14-16-24-32(30)40-36(4,5)6/h7-24,33-34,37-38H,25-26H2,1-6H3. The molecular weight excluding hydrogens is 525 g/mol. The van der Waals surface area contributed by atoms with E-state index in [1.165, 1.54) is 32.0 Å². The second kappa shape index (κ2) is 13.9. The average molecular weight is 569 g/mol. The van der Waals surface area contributed by atoms with Crippen molar-refractivity contribution in [3.05, 3.63) is 131 Å². The van der Waals surface area contributed by atoms with E-state index in [0.717, 1.165) is 13.1 Å². The molecule has 4 rings (SSSR count). The summed E-state index contributed by atoms with van der Waals surface area (Å²) >= 11 is 3.87. The molecule has 0 spiro atoms. The first kappa shape index (κ1) is 30.5. The quantitative estimate of drug-likeness (QED) is 0.176. The summed E-state index contributed by atoms with van der Waals surface area (Å²) in [6.07, 6.45) is 0. The van der Waals surface area contributed by atoms with Gasteiger partial charge in [-0.25, -0.2) is 0 Å². The van der Waals surface area contributed by atoms with Crippen molar-refractivity contribution in [2.45, 2.75) is 86.0 Å². The van der Waals surface area contributed by atoms with Gasteiger partial charge >= 0.3 is 0 Å². The zero-order valence-corrected chi connectivity index (χ0v) is 26.4. The first-order valence-corrected chi connectivity index (χ1v) is 15.8. The lowest BCUT2D eigenvalue weighted by molar-refractivity contribution is 0.379. The van der Waals surface area contributed by atoms with Crippen molar-refractivity contribution in [2.24, 2.45) is 0 Å². The van der Waals surface area contributed by atoms with Crippen molar-refractivity contribution in [1.82, 2.24) is 10.6 Å². The van der Waals surface area contributed by atoms with Gasteiger partial charge in [0, 0.05) is 32.4 Å². The van der Waals surface area contributed by atoms with Crippen LogP contribution in [0.2, 0.25) is 0 Å². The van der Waals surface area contributed by atoms with Crippen LogP contribution in [0.25, 0.3) is 0 Å². The van der Waals surface area contributed by atoms with E-state index in [1.54, 1.807) is 0 Å². The van der Waals surface area contributed by atoms with Gasteiger partial charge in [-0.3, -0.25) is 0 Å². The second-order valence-electron chi connectivity index (χ2n) is 12.2. The maximum Gasteiger partial charge on any atom is 0.0521 e. The predicted molar refractivity (Wildman–Crippen MR) is 176 cm³/mol. The van der Waals surface area contributed by atoms with Crippen LogP contribution >= 0.6 is 23.5 Å². The van der Waals surface area contributed by atoms with Gasteiger partial charge in [0.25, 0.3) is 0 Å². The Kier molecular flexibility index (Phi) is 10.6. The number of rotatable bonds is 11. The Balaban J connectivity index is 1.66. The molecule has 0 saturated carbocycles. The van der Waals surface area contributed by atoms with Crippen LogP contribution in [0.3, 0.4) is 0 Å². The number of benzene rings is 4. The van der Waals surface area contributed by atoms with Crippen LogP contribution in [0, 0.1) is 0 Å². The molecule has 0 aliphatic heterocycles. The minimum absolute atomic E-state index is 0.0822. The van der Waals surface area contributed by atoms with E-state index < -0.39 is 0 Å². The van der Waals surface area contributed by atoms with Crippen molar-refractivity contribution in [3.63, 3.8) is 0 Å². The van der Waals surface area contributed by atoms with E-state index in [9.17, 15) is 0 Å². The summed E-state index contributed by atoms with van der Waals surface area (Å²) in [7, 11) is 0. The molecule has 0 radical (unpaired) electrons. The molecule has 2 atom stereocenters. The van der Waals surface area contributed by atoms with Crippen molar-refractivity contribution in [2.75, 3.05) is 0 Å². The molecule has 2 unspecified atom stereocenters. The molecule has 4 aromatic carbocycles. The Morgan fingerprint density at radius 2 is 0.800 bits per heavy atom. The molecule has 0 aliphatic carbocycles. The van der Waals surface area contributed by atoms with E-state index in [-0.39, 0.29) is 21.6 Å². The minimum Gasteiger partial charge on any atom is -0.304 e. The van der Waals surface area contributed by atoms with Crippen LogP contribution in [0.15, 0.2) is 119 Å². The fraction of sp³-hybridized carbons (Fsp3) is 0.333. The van der Waals surface area contributed by atoms with Crippen LogP contribution in [0.5, 0.6) is 0 Å². The van der Waals surface area contributed by atoms with E-state index >= 15 is 0 Å². The lowest BCUT2D eigenvalue weighted by Gasteiger charge is -2.31. The van der Waals surface area contributed by atoms with E-state index in [4.69, 9.17) is 0 Å². The number of hydrogen-bond acceptors (Lipinski definition) is 4. The third-order valence-electron chi connectivity index (χ3n) is 6.45. The molecule has 4 aromatic rings. The first-order valence-electron chi connectivity index (χ1n) is 14.2. The molecule has 40 heavy (non-hydrogen) atoms. The maximum atomic E-state index is 3.99. The molecule has 4 heteroatoms. The largest absolute Gasteiger partial charge is 0.304 e. The highest BCUT2D eigenvalue weighted by Crippen LogP contribution is 2.37. The van der Waals surface area contributed by atoms with Gasteiger partial charge in [-0.2, -0.15) is 0 Å². The van der Waals surface area contributed by atoms with Gasteiger partial charge in [0.2, 0.25) is 0 Å². The Labute approximate surface area is 250 Å². The average Bonchev–Trinajstić information content (AvgIpc) is 2.91. The van der Waals surface area contributed by atoms with Crippen LogP contribution in [-0.4, -0.2) is 9.49 Å². The summed E-state index contributed by atoms with van der Waals surface area (Å²) in [5.41, 5.74) is 5.23. The number of thioether (sulfide) groups is 2. The van der Waals surface area contributed by atoms with E-state index in [0.29, 0.717) is 0 Å². The zero-order valence-electron chi connectivity index (χ0n) is 24.8. The van der Waals surface area contributed by atoms with Crippen molar-refractivity contribution in [1.29, 1.82) is 0 Å². The smallest absolute Gasteiger partial charge is 0.0521 e. The molecule has 0 bridgehead atoms. The summed E-state index contributed by atoms with van der Waals surface area (Å²) in [6, 6.07) is 39.5. The van der Waals surface area contributed by atoms with Crippen molar-refractivity contribution >= 4 is 23.5 Å². The number of nitrogens with one attached hydrogen (secondary N) is 2. The Bertz CT molecular complexity index is 1220. The minimum atomic E-state index is 0.0822. The molecule has 0 heterocycles. The summed E-state index contributed by atoms with van der Waals surface area (Å²) in [5, 5.41) is 7.97. The van der Waals surface area contributed by atoms with E-state index in [2.05, 4.69) is 161 Å². The van der Waals surface area contributed by atoms with Gasteiger partial charge in [0.05, 0.1) is 12.1 Å². The van der Waals surface area contributed by atoms with Gasteiger partial charge in [0.15, 0.2) is 0 Å². The van der Waals surface area contributed by atoms with Crippen LogP contribution in [0.1, 0.15) is 75.9 Å². The molecule has 0 aromatic heterocycles. The molecule has 210 valence electrons. The third-order valence-corrected chi connectivity index (χ3v) is 8.91. The second-order valence-corrected chi connectivity index (χ2v) is 15.9. The van der Waals surface area contributed by atoms with Gasteiger partial charge in [-0.15, -0.1) is 23.5 Å². The normalized spacial score (nSPS) is 13.7. The highest BCUT2D eigenvalue weighted by atomic mass is 32.2. The summed E-state index contributed by atoms with van der Waals surface area (Å²) in [5.74, 6) is 0. The summed E-state index contributed by atoms with van der Waals surface area (Å²) in [6.45, 7) is 15.2. The van der Waals surface area contributed by atoms with Gasteiger partial charge in [0.1, 0.15) is 0 Å². The lowest BCUT2D eigenvalue weighted by Crippen LogP contribution is -2.35. The highest BCUT2D eigenvalue weighted by Gasteiger charge is 2.26. The predicted octanol–water partition coefficient (Wildman–Crippen LogP) is 9.83. The fourth-order valence-corrected chi connectivity index (χ4v) is 6.93.